The Morgan fingerprint density at radius 3 is 2.55 bits per heavy atom. The van der Waals surface area contributed by atoms with Gasteiger partial charge in [0.1, 0.15) is 0 Å². The number of piperidine rings is 1. The van der Waals surface area contributed by atoms with E-state index in [4.69, 9.17) is 10.5 Å². The first-order chi connectivity index (χ1) is 15.9. The second kappa shape index (κ2) is 10.1. The van der Waals surface area contributed by atoms with E-state index < -0.39 is 10.0 Å². The van der Waals surface area contributed by atoms with Crippen LogP contribution in [0.2, 0.25) is 0 Å². The van der Waals surface area contributed by atoms with E-state index in [2.05, 4.69) is 11.1 Å². The van der Waals surface area contributed by atoms with Crippen LogP contribution >= 0.6 is 0 Å². The highest BCUT2D eigenvalue weighted by molar-refractivity contribution is 7.89. The fraction of sp³-hybridized carbons (Fsp3) is 0.400. The molecule has 2 heterocycles. The van der Waals surface area contributed by atoms with E-state index in [9.17, 15) is 13.2 Å². The van der Waals surface area contributed by atoms with Gasteiger partial charge in [-0.3, -0.25) is 4.79 Å². The van der Waals surface area contributed by atoms with Crippen molar-refractivity contribution in [3.8, 4) is 11.1 Å². The van der Waals surface area contributed by atoms with Crippen LogP contribution in [0, 0.1) is 0 Å². The van der Waals surface area contributed by atoms with Gasteiger partial charge in [-0.25, -0.2) is 12.7 Å². The van der Waals surface area contributed by atoms with E-state index in [1.54, 1.807) is 4.31 Å². The van der Waals surface area contributed by atoms with Crippen LogP contribution in [-0.2, 0) is 26.0 Å². The predicted octanol–water partition coefficient (Wildman–Crippen LogP) is 3.41. The fourth-order valence-electron chi connectivity index (χ4n) is 4.67. The van der Waals surface area contributed by atoms with E-state index in [1.165, 1.54) is 5.56 Å². The van der Waals surface area contributed by atoms with Crippen molar-refractivity contribution in [3.05, 3.63) is 59.8 Å². The Labute approximate surface area is 195 Å². The molecule has 3 aromatic rings. The highest BCUT2D eigenvalue weighted by atomic mass is 32.2. The van der Waals surface area contributed by atoms with Crippen molar-refractivity contribution in [1.29, 1.82) is 0 Å². The molecule has 0 atom stereocenters. The number of nitrogens with one attached hydrogen (secondary N) is 1. The maximum atomic E-state index is 12.6. The molecule has 4 rings (SSSR count). The van der Waals surface area contributed by atoms with Crippen molar-refractivity contribution in [2.24, 2.45) is 5.73 Å². The molecular weight excluding hydrogens is 438 g/mol. The number of hydrogen-bond donors (Lipinski definition) is 2. The number of rotatable bonds is 9. The van der Waals surface area contributed by atoms with Crippen LogP contribution in [0.15, 0.2) is 48.7 Å². The van der Waals surface area contributed by atoms with Crippen molar-refractivity contribution in [2.75, 3.05) is 32.1 Å². The zero-order valence-corrected chi connectivity index (χ0v) is 19.7. The molecule has 0 bridgehead atoms. The van der Waals surface area contributed by atoms with Crippen LogP contribution in [0.5, 0.6) is 0 Å². The molecule has 0 radical (unpaired) electrons. The van der Waals surface area contributed by atoms with E-state index in [0.717, 1.165) is 40.4 Å². The van der Waals surface area contributed by atoms with Crippen LogP contribution in [0.1, 0.15) is 36.8 Å². The number of nitrogens with two attached hydrogens (primary N) is 1. The minimum atomic E-state index is -3.30. The molecule has 1 aliphatic rings. The van der Waals surface area contributed by atoms with Crippen molar-refractivity contribution in [2.45, 2.75) is 32.1 Å². The molecular formula is C25H31N3O4S. The number of amides is 1. The molecule has 0 aliphatic carbocycles. The summed E-state index contributed by atoms with van der Waals surface area (Å²) in [7, 11) is -3.30. The minimum Gasteiger partial charge on any atom is -0.381 e. The number of fused-ring (bicyclic) bond motifs is 1. The van der Waals surface area contributed by atoms with Crippen LogP contribution in [0.4, 0.5) is 0 Å². The highest BCUT2D eigenvalue weighted by Gasteiger charge is 2.29. The summed E-state index contributed by atoms with van der Waals surface area (Å²) in [6.07, 6.45) is 3.67. The molecule has 176 valence electrons. The average Bonchev–Trinajstić information content (AvgIpc) is 3.24. The van der Waals surface area contributed by atoms with Gasteiger partial charge in [0.25, 0.3) is 0 Å². The molecule has 1 aromatic heterocycles. The SMILES string of the molecule is CCOCCS(=O)(=O)N1CCC(c2c[nH]c3c(CC(N)=O)cc(-c4ccccc4)cc23)CC1. The van der Waals surface area contributed by atoms with Crippen molar-refractivity contribution < 1.29 is 17.9 Å². The number of sulfonamides is 1. The Hall–Kier alpha value is -2.68. The number of nitrogens with zero attached hydrogens (tertiary/aromatic N) is 1. The second-order valence-electron chi connectivity index (χ2n) is 8.50. The maximum Gasteiger partial charge on any atom is 0.221 e. The zero-order chi connectivity index (χ0) is 23.4. The van der Waals surface area contributed by atoms with E-state index in [1.807, 2.05) is 49.5 Å². The monoisotopic (exact) mass is 469 g/mol. The first-order valence-electron chi connectivity index (χ1n) is 11.4. The first-order valence-corrected chi connectivity index (χ1v) is 13.0. The number of hydrogen-bond acceptors (Lipinski definition) is 4. The molecule has 3 N–H and O–H groups in total. The Morgan fingerprint density at radius 2 is 1.88 bits per heavy atom. The smallest absolute Gasteiger partial charge is 0.221 e. The van der Waals surface area contributed by atoms with E-state index in [0.29, 0.717) is 19.7 Å². The summed E-state index contributed by atoms with van der Waals surface area (Å²) in [5.74, 6) is -0.108. The molecule has 33 heavy (non-hydrogen) atoms. The van der Waals surface area contributed by atoms with Gasteiger partial charge in [0.15, 0.2) is 0 Å². The number of aromatic nitrogens is 1. The predicted molar refractivity (Wildman–Crippen MR) is 130 cm³/mol. The zero-order valence-electron chi connectivity index (χ0n) is 18.9. The van der Waals surface area contributed by atoms with Crippen LogP contribution < -0.4 is 5.73 Å². The Kier molecular flexibility index (Phi) is 7.17. The lowest BCUT2D eigenvalue weighted by atomic mass is 9.88. The third-order valence-electron chi connectivity index (χ3n) is 6.35. The Morgan fingerprint density at radius 1 is 1.15 bits per heavy atom. The van der Waals surface area contributed by atoms with Gasteiger partial charge in [0.2, 0.25) is 15.9 Å². The summed E-state index contributed by atoms with van der Waals surface area (Å²) >= 11 is 0. The van der Waals surface area contributed by atoms with Crippen LogP contribution in [-0.4, -0.2) is 55.7 Å². The number of aromatic amines is 1. The van der Waals surface area contributed by atoms with Crippen LogP contribution in [0.25, 0.3) is 22.0 Å². The first kappa shape index (κ1) is 23.5. The second-order valence-corrected chi connectivity index (χ2v) is 10.6. The number of benzene rings is 2. The number of carbonyl (C=O) groups is 1. The molecule has 8 heteroatoms. The van der Waals surface area contributed by atoms with Crippen molar-refractivity contribution >= 4 is 26.8 Å². The normalized spacial score (nSPS) is 15.8. The van der Waals surface area contributed by atoms with Crippen LogP contribution in [0.3, 0.4) is 0 Å². The van der Waals surface area contributed by atoms with Gasteiger partial charge in [-0.1, -0.05) is 30.3 Å². The number of H-pyrrole nitrogens is 1. The summed E-state index contributed by atoms with van der Waals surface area (Å²) in [5.41, 5.74) is 10.6. The van der Waals surface area contributed by atoms with Gasteiger partial charge < -0.3 is 15.5 Å². The maximum absolute atomic E-state index is 12.6. The molecule has 1 aliphatic heterocycles. The van der Waals surface area contributed by atoms with Gasteiger partial charge in [-0.2, -0.15) is 0 Å². The quantitative estimate of drug-likeness (QED) is 0.469. The van der Waals surface area contributed by atoms with Gasteiger partial charge in [-0.15, -0.1) is 0 Å². The summed E-state index contributed by atoms with van der Waals surface area (Å²) in [6.45, 7) is 3.60. The van der Waals surface area contributed by atoms with Crippen molar-refractivity contribution in [3.63, 3.8) is 0 Å². The molecule has 1 amide bonds. The van der Waals surface area contributed by atoms with Gasteiger partial charge in [0.05, 0.1) is 18.8 Å². The molecule has 1 fully saturated rings. The number of ether oxygens (including phenoxy) is 1. The molecule has 0 spiro atoms. The standard InChI is InChI=1S/C25H31N3O4S/c1-2-32-12-13-33(30,31)28-10-8-19(9-11-28)23-17-27-25-21(16-24(26)29)14-20(15-22(23)25)18-6-4-3-5-7-18/h3-7,14-15,17,19,27H,2,8-13,16H2,1H3,(H2,26,29). The van der Waals surface area contributed by atoms with E-state index in [-0.39, 0.29) is 30.6 Å². The largest absolute Gasteiger partial charge is 0.381 e. The number of carbonyl (C=O) groups excluding carboxylic acids is 1. The topological polar surface area (TPSA) is 105 Å². The lowest BCUT2D eigenvalue weighted by molar-refractivity contribution is -0.117. The highest BCUT2D eigenvalue weighted by Crippen LogP contribution is 2.37. The third kappa shape index (κ3) is 5.29. The lowest BCUT2D eigenvalue weighted by Gasteiger charge is -2.31. The minimum absolute atomic E-state index is 0.0233. The van der Waals surface area contributed by atoms with Gasteiger partial charge in [0, 0.05) is 36.8 Å². The fourth-order valence-corrected chi connectivity index (χ4v) is 6.03. The molecule has 1 saturated heterocycles. The number of primary amides is 1. The Balaban J connectivity index is 1.61. The van der Waals surface area contributed by atoms with Gasteiger partial charge in [-0.05, 0) is 60.1 Å². The summed E-state index contributed by atoms with van der Waals surface area (Å²) in [5, 5.41) is 1.07. The Bertz CT molecular complexity index is 1210. The lowest BCUT2D eigenvalue weighted by Crippen LogP contribution is -2.40. The summed E-state index contributed by atoms with van der Waals surface area (Å²) in [6, 6.07) is 14.2. The average molecular weight is 470 g/mol. The van der Waals surface area contributed by atoms with E-state index >= 15 is 0 Å². The summed E-state index contributed by atoms with van der Waals surface area (Å²) < 4.78 is 32.0. The van der Waals surface area contributed by atoms with Crippen molar-refractivity contribution in [1.82, 2.24) is 9.29 Å². The van der Waals surface area contributed by atoms with Gasteiger partial charge >= 0.3 is 0 Å². The molecule has 7 nitrogen and oxygen atoms in total. The third-order valence-corrected chi connectivity index (χ3v) is 8.19. The molecule has 0 unspecified atom stereocenters. The summed E-state index contributed by atoms with van der Waals surface area (Å²) in [4.78, 5) is 15.1. The molecule has 2 aromatic carbocycles. The molecule has 0 saturated carbocycles.